The molecule has 0 radical (unpaired) electrons. The standard InChI is InChI=1S/C23H24/c1-16-17(2)19(4)23(21-13-9-6-10-14-21)22(18(16)3)15-20-11-7-5-8-12-20/h5-14H,15H2,1-4H3. The van der Waals surface area contributed by atoms with E-state index in [0.29, 0.717) is 0 Å². The lowest BCUT2D eigenvalue weighted by Crippen LogP contribution is -2.04. The number of hydrogen-bond acceptors (Lipinski definition) is 0. The first-order valence-electron chi connectivity index (χ1n) is 8.28. The van der Waals surface area contributed by atoms with E-state index in [9.17, 15) is 0 Å². The molecule has 3 rings (SSSR count). The highest BCUT2D eigenvalue weighted by Crippen LogP contribution is 2.35. The molecule has 0 bridgehead atoms. The third kappa shape index (κ3) is 2.94. The van der Waals surface area contributed by atoms with Crippen LogP contribution in [0.3, 0.4) is 0 Å². The van der Waals surface area contributed by atoms with E-state index < -0.39 is 0 Å². The largest absolute Gasteiger partial charge is 0.0622 e. The van der Waals surface area contributed by atoms with E-state index in [2.05, 4.69) is 88.4 Å². The predicted octanol–water partition coefficient (Wildman–Crippen LogP) is 6.18. The zero-order valence-electron chi connectivity index (χ0n) is 14.5. The van der Waals surface area contributed by atoms with Gasteiger partial charge in [0.05, 0.1) is 0 Å². The van der Waals surface area contributed by atoms with Crippen molar-refractivity contribution >= 4 is 0 Å². The van der Waals surface area contributed by atoms with Gasteiger partial charge in [0.15, 0.2) is 0 Å². The molecule has 0 atom stereocenters. The molecule has 0 saturated carbocycles. The maximum atomic E-state index is 2.27. The highest BCUT2D eigenvalue weighted by Gasteiger charge is 2.16. The maximum Gasteiger partial charge on any atom is -0.00168 e. The van der Waals surface area contributed by atoms with Crippen molar-refractivity contribution in [2.24, 2.45) is 0 Å². The van der Waals surface area contributed by atoms with E-state index in [1.165, 1.54) is 44.5 Å². The molecule has 0 heterocycles. The zero-order chi connectivity index (χ0) is 16.4. The second kappa shape index (κ2) is 6.42. The van der Waals surface area contributed by atoms with Crippen molar-refractivity contribution in [1.29, 1.82) is 0 Å². The average molecular weight is 300 g/mol. The van der Waals surface area contributed by atoms with Gasteiger partial charge in [0.25, 0.3) is 0 Å². The number of benzene rings is 3. The van der Waals surface area contributed by atoms with E-state index in [1.54, 1.807) is 0 Å². The second-order valence-corrected chi connectivity index (χ2v) is 6.38. The Morgan fingerprint density at radius 1 is 0.565 bits per heavy atom. The van der Waals surface area contributed by atoms with Crippen LogP contribution in [-0.4, -0.2) is 0 Å². The number of hydrogen-bond donors (Lipinski definition) is 0. The van der Waals surface area contributed by atoms with Crippen LogP contribution >= 0.6 is 0 Å². The van der Waals surface area contributed by atoms with Gasteiger partial charge in [-0.05, 0) is 78.6 Å². The Balaban J connectivity index is 2.24. The van der Waals surface area contributed by atoms with Crippen molar-refractivity contribution in [3.63, 3.8) is 0 Å². The Bertz CT molecular complexity index is 812. The predicted molar refractivity (Wildman–Crippen MR) is 100 cm³/mol. The van der Waals surface area contributed by atoms with Crippen LogP contribution in [0.5, 0.6) is 0 Å². The van der Waals surface area contributed by atoms with Gasteiger partial charge in [0, 0.05) is 0 Å². The Hall–Kier alpha value is -2.34. The lowest BCUT2D eigenvalue weighted by Gasteiger charge is -2.21. The summed E-state index contributed by atoms with van der Waals surface area (Å²) >= 11 is 0. The molecule has 0 nitrogen and oxygen atoms in total. The smallest absolute Gasteiger partial charge is 0.00168 e. The highest BCUT2D eigenvalue weighted by molar-refractivity contribution is 5.75. The molecule has 0 heteroatoms. The van der Waals surface area contributed by atoms with E-state index in [0.717, 1.165) is 6.42 Å². The third-order valence-electron chi connectivity index (χ3n) is 5.10. The molecular formula is C23H24. The van der Waals surface area contributed by atoms with Crippen molar-refractivity contribution in [3.8, 4) is 11.1 Å². The van der Waals surface area contributed by atoms with Crippen LogP contribution in [-0.2, 0) is 6.42 Å². The first-order valence-corrected chi connectivity index (χ1v) is 8.28. The quantitative estimate of drug-likeness (QED) is 0.542. The van der Waals surface area contributed by atoms with E-state index in [1.807, 2.05) is 0 Å². The SMILES string of the molecule is Cc1c(C)c(C)c(-c2ccccc2)c(Cc2ccccc2)c1C. The fraction of sp³-hybridized carbons (Fsp3) is 0.217. The van der Waals surface area contributed by atoms with Gasteiger partial charge in [-0.1, -0.05) is 60.7 Å². The minimum atomic E-state index is 0.985. The molecule has 0 aliphatic carbocycles. The summed E-state index contributed by atoms with van der Waals surface area (Å²) in [5.74, 6) is 0. The molecule has 0 saturated heterocycles. The lowest BCUT2D eigenvalue weighted by atomic mass is 9.83. The zero-order valence-corrected chi connectivity index (χ0v) is 14.5. The van der Waals surface area contributed by atoms with Crippen molar-refractivity contribution in [1.82, 2.24) is 0 Å². The highest BCUT2D eigenvalue weighted by atomic mass is 14.2. The molecule has 0 spiro atoms. The van der Waals surface area contributed by atoms with Gasteiger partial charge in [-0.25, -0.2) is 0 Å². The summed E-state index contributed by atoms with van der Waals surface area (Å²) in [6.45, 7) is 9.03. The van der Waals surface area contributed by atoms with Gasteiger partial charge < -0.3 is 0 Å². The Morgan fingerprint density at radius 3 is 1.70 bits per heavy atom. The van der Waals surface area contributed by atoms with Crippen LogP contribution in [0.15, 0.2) is 60.7 Å². The number of rotatable bonds is 3. The first-order chi connectivity index (χ1) is 11.1. The molecule has 0 aliphatic rings. The third-order valence-corrected chi connectivity index (χ3v) is 5.10. The van der Waals surface area contributed by atoms with Crippen molar-refractivity contribution < 1.29 is 0 Å². The summed E-state index contributed by atoms with van der Waals surface area (Å²) in [4.78, 5) is 0. The van der Waals surface area contributed by atoms with E-state index in [4.69, 9.17) is 0 Å². The van der Waals surface area contributed by atoms with E-state index >= 15 is 0 Å². The molecule has 0 amide bonds. The molecule has 3 aromatic carbocycles. The minimum absolute atomic E-state index is 0.985. The lowest BCUT2D eigenvalue weighted by molar-refractivity contribution is 1.10. The average Bonchev–Trinajstić information content (AvgIpc) is 2.60. The fourth-order valence-corrected chi connectivity index (χ4v) is 3.41. The van der Waals surface area contributed by atoms with Gasteiger partial charge in [-0.15, -0.1) is 0 Å². The summed E-state index contributed by atoms with van der Waals surface area (Å²) in [6.07, 6.45) is 0.985. The van der Waals surface area contributed by atoms with Gasteiger partial charge >= 0.3 is 0 Å². The van der Waals surface area contributed by atoms with Crippen LogP contribution in [0, 0.1) is 27.7 Å². The first kappa shape index (κ1) is 15.6. The van der Waals surface area contributed by atoms with E-state index in [-0.39, 0.29) is 0 Å². The van der Waals surface area contributed by atoms with Gasteiger partial charge in [0.2, 0.25) is 0 Å². The molecule has 0 N–H and O–H groups in total. The summed E-state index contributed by atoms with van der Waals surface area (Å²) in [5.41, 5.74) is 11.2. The molecule has 0 unspecified atom stereocenters. The normalized spacial score (nSPS) is 10.8. The van der Waals surface area contributed by atoms with Gasteiger partial charge in [0.1, 0.15) is 0 Å². The fourth-order valence-electron chi connectivity index (χ4n) is 3.41. The molecule has 3 aromatic rings. The van der Waals surface area contributed by atoms with Crippen LogP contribution in [0.4, 0.5) is 0 Å². The maximum absolute atomic E-state index is 2.27. The van der Waals surface area contributed by atoms with Crippen LogP contribution in [0.1, 0.15) is 33.4 Å². The topological polar surface area (TPSA) is 0 Å². The van der Waals surface area contributed by atoms with Gasteiger partial charge in [-0.3, -0.25) is 0 Å². The summed E-state index contributed by atoms with van der Waals surface area (Å²) in [6, 6.07) is 21.6. The van der Waals surface area contributed by atoms with Crippen molar-refractivity contribution in [3.05, 3.63) is 94.0 Å². The van der Waals surface area contributed by atoms with Crippen molar-refractivity contribution in [2.45, 2.75) is 34.1 Å². The molecule has 116 valence electrons. The molecule has 23 heavy (non-hydrogen) atoms. The molecule has 0 aliphatic heterocycles. The van der Waals surface area contributed by atoms with Crippen LogP contribution in [0.2, 0.25) is 0 Å². The monoisotopic (exact) mass is 300 g/mol. The van der Waals surface area contributed by atoms with Crippen LogP contribution in [0.25, 0.3) is 11.1 Å². The molecule has 0 aromatic heterocycles. The Morgan fingerprint density at radius 2 is 1.09 bits per heavy atom. The Kier molecular flexibility index (Phi) is 4.34. The van der Waals surface area contributed by atoms with Crippen molar-refractivity contribution in [2.75, 3.05) is 0 Å². The second-order valence-electron chi connectivity index (χ2n) is 6.38. The summed E-state index contributed by atoms with van der Waals surface area (Å²) in [7, 11) is 0. The molecule has 0 fully saturated rings. The summed E-state index contributed by atoms with van der Waals surface area (Å²) < 4.78 is 0. The Labute approximate surface area is 139 Å². The van der Waals surface area contributed by atoms with Crippen LogP contribution < -0.4 is 0 Å². The molecular weight excluding hydrogens is 276 g/mol. The summed E-state index contributed by atoms with van der Waals surface area (Å²) in [5, 5.41) is 0. The minimum Gasteiger partial charge on any atom is -0.0622 e. The van der Waals surface area contributed by atoms with Gasteiger partial charge in [-0.2, -0.15) is 0 Å².